The van der Waals surface area contributed by atoms with Gasteiger partial charge in [0, 0.05) is 32.7 Å². The van der Waals surface area contributed by atoms with Crippen LogP contribution in [0.2, 0.25) is 0 Å². The molecule has 0 aromatic heterocycles. The van der Waals surface area contributed by atoms with Gasteiger partial charge in [-0.05, 0) is 9.19 Å². The molecule has 0 aromatic carbocycles. The molecule has 2 aliphatic heterocycles. The molecule has 2 N–H and O–H groups in total. The monoisotopic (exact) mass is 264 g/mol. The number of aliphatic hydroxyl groups excluding tert-OH is 1. The van der Waals surface area contributed by atoms with Crippen molar-refractivity contribution in [3.63, 3.8) is 0 Å². The molecule has 3 atom stereocenters. The summed E-state index contributed by atoms with van der Waals surface area (Å²) in [7, 11) is -0.776. The van der Waals surface area contributed by atoms with E-state index in [1.54, 1.807) is 5.06 Å². The molecule has 17 heavy (non-hydrogen) atoms. The second-order valence-electron chi connectivity index (χ2n) is 4.17. The maximum absolute atomic E-state index is 10.6. The van der Waals surface area contributed by atoms with Gasteiger partial charge in [0.2, 0.25) is 0 Å². The average molecular weight is 264 g/mol. The van der Waals surface area contributed by atoms with E-state index in [0.29, 0.717) is 19.7 Å². The van der Waals surface area contributed by atoms with Crippen LogP contribution in [0.1, 0.15) is 0 Å². The van der Waals surface area contributed by atoms with Crippen molar-refractivity contribution >= 4 is 8.69 Å². The van der Waals surface area contributed by atoms with Crippen molar-refractivity contribution in [3.05, 3.63) is 0 Å². The molecule has 8 heteroatoms. The van der Waals surface area contributed by atoms with Crippen molar-refractivity contribution < 1.29 is 19.0 Å². The van der Waals surface area contributed by atoms with Crippen molar-refractivity contribution in [2.24, 2.45) is 0 Å². The summed E-state index contributed by atoms with van der Waals surface area (Å²) < 4.78 is 21.2. The van der Waals surface area contributed by atoms with Gasteiger partial charge in [-0.25, -0.2) is 0 Å². The van der Waals surface area contributed by atoms with Gasteiger partial charge in [-0.1, -0.05) is 0 Å². The van der Waals surface area contributed by atoms with Gasteiger partial charge in [0.1, 0.15) is 6.17 Å². The Hall–Kier alpha value is -0.140. The summed E-state index contributed by atoms with van der Waals surface area (Å²) in [6, 6.07) is 0. The van der Waals surface area contributed by atoms with Crippen LogP contribution >= 0.6 is 8.69 Å². The Bertz CT molecular complexity index is 258. The van der Waals surface area contributed by atoms with Gasteiger partial charge in [-0.2, -0.15) is 0 Å². The van der Waals surface area contributed by atoms with Gasteiger partial charge in [-0.15, -0.1) is 5.06 Å². The maximum Gasteiger partial charge on any atom is 0.513 e. The van der Waals surface area contributed by atoms with Crippen molar-refractivity contribution in [2.45, 2.75) is 12.3 Å². The average Bonchev–Trinajstić information content (AvgIpc) is 2.40. The largest absolute Gasteiger partial charge is 0.513 e. The molecule has 2 aliphatic rings. The first kappa shape index (κ1) is 13.3. The van der Waals surface area contributed by atoms with E-state index >= 15 is 0 Å². The smallest absolute Gasteiger partial charge is 0.394 e. The highest BCUT2D eigenvalue weighted by molar-refractivity contribution is 7.17. The number of nitrogens with zero attached hydrogens (tertiary/aromatic N) is 2. The lowest BCUT2D eigenvalue weighted by molar-refractivity contribution is -0.173. The van der Waals surface area contributed by atoms with Crippen LogP contribution in [-0.4, -0.2) is 73.3 Å². The highest BCUT2D eigenvalue weighted by Crippen LogP contribution is 2.16. The van der Waals surface area contributed by atoms with E-state index in [-0.39, 0.29) is 18.9 Å². The predicted molar refractivity (Wildman–Crippen MR) is 61.8 cm³/mol. The number of hydrogen-bond acceptors (Lipinski definition) is 7. The van der Waals surface area contributed by atoms with Gasteiger partial charge in [0.15, 0.2) is 0 Å². The van der Waals surface area contributed by atoms with Gasteiger partial charge in [-0.3, -0.25) is 4.90 Å². The minimum atomic E-state index is -0.776. The van der Waals surface area contributed by atoms with E-state index in [1.165, 1.54) is 0 Å². The minimum absolute atomic E-state index is 0.0286. The van der Waals surface area contributed by atoms with Crippen LogP contribution in [0, 0.1) is 0 Å². The molecule has 0 amide bonds. The van der Waals surface area contributed by atoms with E-state index < -0.39 is 8.69 Å². The summed E-state index contributed by atoms with van der Waals surface area (Å²) in [5, 5.41) is 14.2. The molecular weight excluding hydrogens is 245 g/mol. The third-order valence-electron chi connectivity index (χ3n) is 3.12. The van der Waals surface area contributed by atoms with Crippen LogP contribution in [-0.2, 0) is 13.9 Å². The minimum Gasteiger partial charge on any atom is -0.394 e. The Morgan fingerprint density at radius 1 is 1.53 bits per heavy atom. The molecule has 0 bridgehead atoms. The first-order valence-electron chi connectivity index (χ1n) is 5.83. The third-order valence-corrected chi connectivity index (χ3v) is 3.43. The quantitative estimate of drug-likeness (QED) is 0.617. The third kappa shape index (κ3) is 3.42. The van der Waals surface area contributed by atoms with Crippen LogP contribution in [0.3, 0.4) is 0 Å². The van der Waals surface area contributed by atoms with Crippen LogP contribution in [0.25, 0.3) is 0 Å². The fourth-order valence-electron chi connectivity index (χ4n) is 2.26. The fraction of sp³-hybridized carbons (Fsp3) is 1.00. The number of nitrogens with one attached hydrogen (secondary N) is 1. The van der Waals surface area contributed by atoms with E-state index in [2.05, 4.69) is 10.2 Å². The standard InChI is InChI=1S/C9H19N3O4P/c13-7-8-6-11(3-4-15-8)9-5-10-1-2-12(9)16-17-14/h8-10,13,17H,1-7H2/q+1. The maximum atomic E-state index is 10.6. The van der Waals surface area contributed by atoms with Crippen LogP contribution in [0.15, 0.2) is 0 Å². The highest BCUT2D eigenvalue weighted by Gasteiger charge is 2.34. The second kappa shape index (κ2) is 6.70. The zero-order valence-corrected chi connectivity index (χ0v) is 10.7. The molecule has 0 saturated carbocycles. The van der Waals surface area contributed by atoms with Crippen LogP contribution in [0.4, 0.5) is 0 Å². The Kier molecular flexibility index (Phi) is 5.24. The van der Waals surface area contributed by atoms with E-state index in [4.69, 9.17) is 14.5 Å². The summed E-state index contributed by atoms with van der Waals surface area (Å²) in [5.74, 6) is 0. The van der Waals surface area contributed by atoms with Crippen molar-refractivity contribution in [1.29, 1.82) is 0 Å². The zero-order valence-electron chi connectivity index (χ0n) is 9.67. The van der Waals surface area contributed by atoms with E-state index in [0.717, 1.165) is 19.6 Å². The molecule has 0 aromatic rings. The molecule has 0 aliphatic carbocycles. The molecule has 98 valence electrons. The molecular formula is C9H19N3O4P+. The Morgan fingerprint density at radius 2 is 2.41 bits per heavy atom. The lowest BCUT2D eigenvalue weighted by Gasteiger charge is -2.42. The summed E-state index contributed by atoms with van der Waals surface area (Å²) in [6.07, 6.45) is -0.0784. The van der Waals surface area contributed by atoms with Crippen molar-refractivity contribution in [3.8, 4) is 0 Å². The first-order chi connectivity index (χ1) is 8.35. The van der Waals surface area contributed by atoms with E-state index in [9.17, 15) is 4.57 Å². The van der Waals surface area contributed by atoms with E-state index in [1.807, 2.05) is 0 Å². The SMILES string of the molecule is O=[PH+]ON1CCNCC1N1CCOC(CO)C1. The topological polar surface area (TPSA) is 74.3 Å². The van der Waals surface area contributed by atoms with Crippen molar-refractivity contribution in [1.82, 2.24) is 15.3 Å². The number of piperazine rings is 1. The van der Waals surface area contributed by atoms with Gasteiger partial charge in [0.25, 0.3) is 0 Å². The lowest BCUT2D eigenvalue weighted by Crippen LogP contribution is -2.61. The number of rotatable bonds is 4. The van der Waals surface area contributed by atoms with Crippen LogP contribution < -0.4 is 5.32 Å². The lowest BCUT2D eigenvalue weighted by atomic mass is 10.2. The number of hydrogen-bond donors (Lipinski definition) is 2. The number of hydroxylamine groups is 2. The Labute approximate surface area is 102 Å². The number of aliphatic hydroxyl groups is 1. The Balaban J connectivity index is 1.95. The normalized spacial score (nSPS) is 33.0. The van der Waals surface area contributed by atoms with Crippen LogP contribution in [0.5, 0.6) is 0 Å². The summed E-state index contributed by atoms with van der Waals surface area (Å²) in [5.41, 5.74) is 0. The first-order valence-corrected chi connectivity index (χ1v) is 6.64. The molecule has 0 spiro atoms. The summed E-state index contributed by atoms with van der Waals surface area (Å²) in [4.78, 5) is 2.19. The van der Waals surface area contributed by atoms with Crippen molar-refractivity contribution in [2.75, 3.05) is 45.9 Å². The summed E-state index contributed by atoms with van der Waals surface area (Å²) in [6.45, 7) is 4.41. The fourth-order valence-corrected chi connectivity index (χ4v) is 2.57. The predicted octanol–water partition coefficient (Wildman–Crippen LogP) is -1.22. The highest BCUT2D eigenvalue weighted by atomic mass is 31.1. The molecule has 2 heterocycles. The molecule has 2 saturated heterocycles. The molecule has 2 rings (SSSR count). The second-order valence-corrected chi connectivity index (χ2v) is 4.52. The molecule has 7 nitrogen and oxygen atoms in total. The molecule has 3 unspecified atom stereocenters. The summed E-state index contributed by atoms with van der Waals surface area (Å²) >= 11 is 0. The number of morpholine rings is 1. The molecule has 0 radical (unpaired) electrons. The van der Waals surface area contributed by atoms with Gasteiger partial charge in [0.05, 0.1) is 19.3 Å². The number of ether oxygens (including phenoxy) is 1. The molecule has 2 fully saturated rings. The zero-order chi connectivity index (χ0) is 12.1. The Morgan fingerprint density at radius 3 is 3.18 bits per heavy atom. The van der Waals surface area contributed by atoms with Gasteiger partial charge >= 0.3 is 8.69 Å². The van der Waals surface area contributed by atoms with Gasteiger partial charge < -0.3 is 15.2 Å².